The number of carbonyl (C=O) groups excluding carboxylic acids is 2. The van der Waals surface area contributed by atoms with Crippen LogP contribution < -0.4 is 5.32 Å². The first-order valence-electron chi connectivity index (χ1n) is 5.58. The van der Waals surface area contributed by atoms with Gasteiger partial charge in [-0.3, -0.25) is 9.59 Å². The highest BCUT2D eigenvalue weighted by Crippen LogP contribution is 2.23. The second-order valence-electron chi connectivity index (χ2n) is 3.95. The van der Waals surface area contributed by atoms with Gasteiger partial charge in [-0.15, -0.1) is 0 Å². The molecule has 0 radical (unpaired) electrons. The van der Waals surface area contributed by atoms with E-state index in [0.717, 1.165) is 25.7 Å². The van der Waals surface area contributed by atoms with Crippen molar-refractivity contribution in [3.05, 3.63) is 0 Å². The largest absolute Gasteiger partial charge is 0.469 e. The molecule has 15 heavy (non-hydrogen) atoms. The van der Waals surface area contributed by atoms with Crippen molar-refractivity contribution in [2.45, 2.75) is 38.5 Å². The van der Waals surface area contributed by atoms with Gasteiger partial charge in [0.05, 0.1) is 13.5 Å². The van der Waals surface area contributed by atoms with E-state index < -0.39 is 0 Å². The zero-order valence-corrected chi connectivity index (χ0v) is 9.25. The van der Waals surface area contributed by atoms with E-state index in [9.17, 15) is 9.59 Å². The molecule has 0 saturated heterocycles. The van der Waals surface area contributed by atoms with E-state index in [1.54, 1.807) is 0 Å². The summed E-state index contributed by atoms with van der Waals surface area (Å²) in [4.78, 5) is 22.4. The highest BCUT2D eigenvalue weighted by molar-refractivity contribution is 5.79. The van der Waals surface area contributed by atoms with E-state index in [1.165, 1.54) is 13.5 Å². The molecule has 0 unspecified atom stereocenters. The average molecular weight is 213 g/mol. The van der Waals surface area contributed by atoms with Gasteiger partial charge in [-0.25, -0.2) is 0 Å². The molecule has 1 N–H and O–H groups in total. The fraction of sp³-hybridized carbons (Fsp3) is 0.818. The van der Waals surface area contributed by atoms with E-state index >= 15 is 0 Å². The molecular weight excluding hydrogens is 194 g/mol. The molecule has 1 amide bonds. The van der Waals surface area contributed by atoms with Crippen LogP contribution in [0.5, 0.6) is 0 Å². The molecule has 4 heteroatoms. The highest BCUT2D eigenvalue weighted by Gasteiger charge is 2.20. The van der Waals surface area contributed by atoms with Gasteiger partial charge in [-0.2, -0.15) is 0 Å². The average Bonchev–Trinajstić information content (AvgIpc) is 2.29. The highest BCUT2D eigenvalue weighted by atomic mass is 16.5. The first kappa shape index (κ1) is 12.0. The molecular formula is C11H19NO3. The Morgan fingerprint density at radius 2 is 1.93 bits per heavy atom. The third-order valence-electron chi connectivity index (χ3n) is 2.83. The van der Waals surface area contributed by atoms with Gasteiger partial charge in [0.2, 0.25) is 5.91 Å². The lowest BCUT2D eigenvalue weighted by Crippen LogP contribution is -2.33. The molecule has 1 aliphatic rings. The van der Waals surface area contributed by atoms with Crippen molar-refractivity contribution < 1.29 is 14.3 Å². The van der Waals surface area contributed by atoms with Crippen LogP contribution in [0.4, 0.5) is 0 Å². The summed E-state index contributed by atoms with van der Waals surface area (Å²) in [5.74, 6) is -0.0195. The number of esters is 1. The smallest absolute Gasteiger partial charge is 0.307 e. The van der Waals surface area contributed by atoms with Gasteiger partial charge in [-0.05, 0) is 12.8 Å². The van der Waals surface area contributed by atoms with Crippen LogP contribution in [0.1, 0.15) is 38.5 Å². The third kappa shape index (κ3) is 4.32. The number of methoxy groups -OCH3 is 1. The fourth-order valence-corrected chi connectivity index (χ4v) is 1.90. The van der Waals surface area contributed by atoms with Crippen LogP contribution in [0.25, 0.3) is 0 Å². The van der Waals surface area contributed by atoms with Crippen LogP contribution in [-0.4, -0.2) is 25.5 Å². The maximum atomic E-state index is 11.6. The molecule has 4 nitrogen and oxygen atoms in total. The monoisotopic (exact) mass is 213 g/mol. The van der Waals surface area contributed by atoms with Crippen molar-refractivity contribution in [1.82, 2.24) is 5.32 Å². The lowest BCUT2D eigenvalue weighted by atomic mass is 9.89. The van der Waals surface area contributed by atoms with Crippen LogP contribution in [0, 0.1) is 5.92 Å². The second-order valence-corrected chi connectivity index (χ2v) is 3.95. The van der Waals surface area contributed by atoms with E-state index in [-0.39, 0.29) is 24.2 Å². The molecule has 86 valence electrons. The lowest BCUT2D eigenvalue weighted by molar-refractivity contribution is -0.140. The van der Waals surface area contributed by atoms with Crippen LogP contribution in [0.3, 0.4) is 0 Å². The third-order valence-corrected chi connectivity index (χ3v) is 2.83. The van der Waals surface area contributed by atoms with Crippen molar-refractivity contribution in [3.8, 4) is 0 Å². The van der Waals surface area contributed by atoms with E-state index in [4.69, 9.17) is 0 Å². The van der Waals surface area contributed by atoms with E-state index in [0.29, 0.717) is 6.54 Å². The maximum Gasteiger partial charge on any atom is 0.307 e. The lowest BCUT2D eigenvalue weighted by Gasteiger charge is -2.20. The molecule has 0 aromatic carbocycles. The molecule has 0 atom stereocenters. The minimum Gasteiger partial charge on any atom is -0.469 e. The van der Waals surface area contributed by atoms with Crippen molar-refractivity contribution in [3.63, 3.8) is 0 Å². The van der Waals surface area contributed by atoms with Crippen molar-refractivity contribution in [2.75, 3.05) is 13.7 Å². The summed E-state index contributed by atoms with van der Waals surface area (Å²) >= 11 is 0. The SMILES string of the molecule is COC(=O)CCNC(=O)C1CCCCC1. The molecule has 0 aliphatic heterocycles. The summed E-state index contributed by atoms with van der Waals surface area (Å²) in [6.07, 6.45) is 5.78. The van der Waals surface area contributed by atoms with Crippen molar-refractivity contribution in [2.24, 2.45) is 5.92 Å². The van der Waals surface area contributed by atoms with Crippen molar-refractivity contribution >= 4 is 11.9 Å². The Hall–Kier alpha value is -1.06. The maximum absolute atomic E-state index is 11.6. The topological polar surface area (TPSA) is 55.4 Å². The summed E-state index contributed by atoms with van der Waals surface area (Å²) in [7, 11) is 1.35. The Labute approximate surface area is 90.4 Å². The predicted octanol–water partition coefficient (Wildman–Crippen LogP) is 1.25. The molecule has 1 aliphatic carbocycles. The van der Waals surface area contributed by atoms with Gasteiger partial charge in [0.25, 0.3) is 0 Å². The minimum absolute atomic E-state index is 0.0959. The Bertz CT molecular complexity index is 222. The van der Waals surface area contributed by atoms with Crippen molar-refractivity contribution in [1.29, 1.82) is 0 Å². The molecule has 1 rings (SSSR count). The molecule has 0 heterocycles. The van der Waals surface area contributed by atoms with E-state index in [1.807, 2.05) is 0 Å². The minimum atomic E-state index is -0.279. The van der Waals surface area contributed by atoms with Gasteiger partial charge in [-0.1, -0.05) is 19.3 Å². The van der Waals surface area contributed by atoms with Crippen LogP contribution >= 0.6 is 0 Å². The molecule has 0 bridgehead atoms. The Balaban J connectivity index is 2.14. The standard InChI is InChI=1S/C11H19NO3/c1-15-10(13)7-8-12-11(14)9-5-3-2-4-6-9/h9H,2-8H2,1H3,(H,12,14). The van der Waals surface area contributed by atoms with Crippen LogP contribution in [0.2, 0.25) is 0 Å². The molecule has 0 spiro atoms. The predicted molar refractivity (Wildman–Crippen MR) is 56.2 cm³/mol. The number of rotatable bonds is 4. The first-order chi connectivity index (χ1) is 7.24. The number of hydrogen-bond donors (Lipinski definition) is 1. The number of hydrogen-bond acceptors (Lipinski definition) is 3. The van der Waals surface area contributed by atoms with Gasteiger partial charge in [0, 0.05) is 12.5 Å². The van der Waals surface area contributed by atoms with Gasteiger partial charge < -0.3 is 10.1 Å². The van der Waals surface area contributed by atoms with Gasteiger partial charge in [0.15, 0.2) is 0 Å². The first-order valence-corrected chi connectivity index (χ1v) is 5.58. The normalized spacial score (nSPS) is 17.1. The number of amides is 1. The van der Waals surface area contributed by atoms with Gasteiger partial charge in [0.1, 0.15) is 0 Å². The molecule has 0 aromatic rings. The Kier molecular flexibility index (Phi) is 5.15. The Morgan fingerprint density at radius 3 is 2.53 bits per heavy atom. The second kappa shape index (κ2) is 6.43. The zero-order chi connectivity index (χ0) is 11.1. The number of carbonyl (C=O) groups is 2. The summed E-state index contributed by atoms with van der Waals surface area (Å²) in [5, 5.41) is 2.78. The van der Waals surface area contributed by atoms with E-state index in [2.05, 4.69) is 10.1 Å². The Morgan fingerprint density at radius 1 is 1.27 bits per heavy atom. The number of nitrogens with one attached hydrogen (secondary N) is 1. The van der Waals surface area contributed by atoms with Crippen LogP contribution in [0.15, 0.2) is 0 Å². The quantitative estimate of drug-likeness (QED) is 0.715. The van der Waals surface area contributed by atoms with Crippen LogP contribution in [-0.2, 0) is 14.3 Å². The molecule has 1 saturated carbocycles. The summed E-state index contributed by atoms with van der Waals surface area (Å²) in [6.45, 7) is 0.391. The van der Waals surface area contributed by atoms with Gasteiger partial charge >= 0.3 is 5.97 Å². The summed E-state index contributed by atoms with van der Waals surface area (Å²) in [6, 6.07) is 0. The fourth-order valence-electron chi connectivity index (χ4n) is 1.90. The molecule has 1 fully saturated rings. The zero-order valence-electron chi connectivity index (χ0n) is 9.25. The molecule has 0 aromatic heterocycles. The summed E-state index contributed by atoms with van der Waals surface area (Å²) in [5.41, 5.74) is 0. The summed E-state index contributed by atoms with van der Waals surface area (Å²) < 4.78 is 4.49. The number of ether oxygens (including phenoxy) is 1.